The Morgan fingerprint density at radius 1 is 0.898 bits per heavy atom. The Bertz CT molecular complexity index is 1310. The monoisotopic (exact) mass is 702 g/mol. The maximum absolute atomic E-state index is 15.2. The molecule has 0 amide bonds. The number of halogens is 2. The van der Waals surface area contributed by atoms with E-state index in [1.165, 1.54) is 12.8 Å². The van der Waals surface area contributed by atoms with Gasteiger partial charge in [0.15, 0.2) is 14.1 Å². The average molecular weight is 703 g/mol. The largest absolute Gasteiger partial charge is 0.496 e. The van der Waals surface area contributed by atoms with E-state index in [1.807, 2.05) is 19.9 Å². The zero-order valence-electron chi connectivity index (χ0n) is 32.6. The molecule has 12 atom stereocenters. The maximum Gasteiger partial charge on any atom is 0.241 e. The molecule has 0 spiro atoms. The van der Waals surface area contributed by atoms with Crippen molar-refractivity contribution in [2.75, 3.05) is 7.11 Å². The third-order valence-electron chi connectivity index (χ3n) is 15.6. The first-order valence-electron chi connectivity index (χ1n) is 19.8. The van der Waals surface area contributed by atoms with Crippen molar-refractivity contribution in [3.05, 3.63) is 29.8 Å². The molecule has 49 heavy (non-hydrogen) atoms. The summed E-state index contributed by atoms with van der Waals surface area (Å²) in [7, 11) is -0.268. The molecule has 0 aromatic heterocycles. The normalized spacial score (nSPS) is 39.9. The van der Waals surface area contributed by atoms with Gasteiger partial charge in [0.1, 0.15) is 5.75 Å². The van der Waals surface area contributed by atoms with E-state index < -0.39 is 26.4 Å². The number of alkyl halides is 2. The van der Waals surface area contributed by atoms with Crippen molar-refractivity contribution < 1.29 is 27.4 Å². The number of rotatable bonds is 10. The first-order chi connectivity index (χ1) is 22.8. The molecule has 1 saturated heterocycles. The fourth-order valence-corrected chi connectivity index (χ4v) is 13.4. The van der Waals surface area contributed by atoms with Gasteiger partial charge in [-0.25, -0.2) is 8.78 Å². The Morgan fingerprint density at radius 2 is 1.57 bits per heavy atom. The number of benzene rings is 1. The van der Waals surface area contributed by atoms with Gasteiger partial charge in [-0.2, -0.15) is 0 Å². The summed E-state index contributed by atoms with van der Waals surface area (Å²) in [5.74, 6) is 1.86. The van der Waals surface area contributed by atoms with Gasteiger partial charge in [-0.3, -0.25) is 0 Å². The number of hydrogen-bond acceptors (Lipinski definition) is 4. The summed E-state index contributed by atoms with van der Waals surface area (Å²) in [6, 6.07) is 8.36. The fourth-order valence-electron chi connectivity index (χ4n) is 12.1. The summed E-state index contributed by atoms with van der Waals surface area (Å²) in [6.45, 7) is 23.0. The lowest BCUT2D eigenvalue weighted by Gasteiger charge is -2.64. The lowest BCUT2D eigenvalue weighted by atomic mass is 9.42. The van der Waals surface area contributed by atoms with Crippen LogP contribution in [0.4, 0.5) is 8.78 Å². The summed E-state index contributed by atoms with van der Waals surface area (Å²) in [5.41, 5.74) is 1.33. The molecule has 1 aliphatic heterocycles. The molecule has 2 unspecified atom stereocenters. The van der Waals surface area contributed by atoms with E-state index in [-0.39, 0.29) is 46.0 Å². The molecule has 5 fully saturated rings. The summed E-state index contributed by atoms with van der Waals surface area (Å²) < 4.78 is 56.2. The molecule has 7 heteroatoms. The number of fused-ring (bicyclic) bond motifs is 7. The van der Waals surface area contributed by atoms with E-state index in [0.29, 0.717) is 30.1 Å². The Balaban J connectivity index is 1.17. The number of methoxy groups -OCH3 is 1. The third kappa shape index (κ3) is 6.71. The van der Waals surface area contributed by atoms with E-state index in [4.69, 9.17) is 18.6 Å². The van der Waals surface area contributed by atoms with Crippen molar-refractivity contribution in [1.29, 1.82) is 0 Å². The van der Waals surface area contributed by atoms with Gasteiger partial charge in [0, 0.05) is 11.5 Å². The minimum absolute atomic E-state index is 0.00392. The minimum atomic E-state index is -2.28. The Hall–Kier alpha value is -1.02. The van der Waals surface area contributed by atoms with Crippen LogP contribution in [0.1, 0.15) is 131 Å². The van der Waals surface area contributed by atoms with E-state index in [0.717, 1.165) is 56.3 Å². The van der Waals surface area contributed by atoms with E-state index in [2.05, 4.69) is 72.8 Å². The summed E-state index contributed by atoms with van der Waals surface area (Å²) in [4.78, 5) is 0. The van der Waals surface area contributed by atoms with Crippen LogP contribution in [0.25, 0.3) is 0 Å². The van der Waals surface area contributed by atoms with E-state index in [9.17, 15) is 0 Å². The van der Waals surface area contributed by atoms with Gasteiger partial charge >= 0.3 is 0 Å². The van der Waals surface area contributed by atoms with Gasteiger partial charge in [0.05, 0.1) is 25.4 Å². The molecule has 278 valence electrons. The first-order valence-corrected chi connectivity index (χ1v) is 22.7. The molecule has 6 rings (SSSR count). The summed E-state index contributed by atoms with van der Waals surface area (Å²) in [6.07, 6.45) is 8.08. The zero-order valence-corrected chi connectivity index (χ0v) is 33.6. The van der Waals surface area contributed by atoms with Crippen LogP contribution in [-0.4, -0.2) is 39.8 Å². The summed E-state index contributed by atoms with van der Waals surface area (Å²) in [5, 5.41) is 0.118. The second-order valence-corrected chi connectivity index (χ2v) is 24.3. The van der Waals surface area contributed by atoms with E-state index >= 15 is 8.78 Å². The molecule has 4 saturated carbocycles. The summed E-state index contributed by atoms with van der Waals surface area (Å²) >= 11 is 0. The van der Waals surface area contributed by atoms with Crippen molar-refractivity contribution in [2.45, 2.75) is 168 Å². The molecule has 0 N–H and O–H groups in total. The fraction of sp³-hybridized carbons (Fsp3) is 0.857. The van der Waals surface area contributed by atoms with Crippen LogP contribution < -0.4 is 4.74 Å². The van der Waals surface area contributed by atoms with Gasteiger partial charge in [0.25, 0.3) is 0 Å². The zero-order chi connectivity index (χ0) is 35.7. The predicted octanol–water partition coefficient (Wildman–Crippen LogP) is 11.8. The van der Waals surface area contributed by atoms with Gasteiger partial charge < -0.3 is 18.6 Å². The lowest BCUT2D eigenvalue weighted by molar-refractivity contribution is -0.200. The first kappa shape index (κ1) is 37.7. The molecule has 1 aromatic rings. The highest BCUT2D eigenvalue weighted by Gasteiger charge is 2.67. The Morgan fingerprint density at radius 3 is 2.24 bits per heavy atom. The molecule has 5 aliphatic rings. The smallest absolute Gasteiger partial charge is 0.241 e. The second-order valence-electron chi connectivity index (χ2n) is 19.6. The van der Waals surface area contributed by atoms with Crippen LogP contribution in [0.15, 0.2) is 24.3 Å². The van der Waals surface area contributed by atoms with E-state index in [1.54, 1.807) is 7.11 Å². The predicted molar refractivity (Wildman–Crippen MR) is 196 cm³/mol. The standard InChI is InChI=1S/C42H68F2O4Si/c1-26(15-14-18-34(48-49(10,11)39(2,3)4)27-16-12-13-17-33(27)45-9)29-19-20-30-36-28(38(43)44)25-32-37-35(46-40(5,6)47-37)22-24-42(32,8)31(36)21-23-41(29,30)7/h12-13,16-17,26,28-32,34-38H,14-15,18-25H2,1-11H3/t26-,28?,29-,30+,31+,32+,34?,35+,36+,37-,41-,42-/m1/s1. The Labute approximate surface area is 298 Å². The van der Waals surface area contributed by atoms with Crippen LogP contribution in [0.5, 0.6) is 5.75 Å². The van der Waals surface area contributed by atoms with Crippen LogP contribution in [0.2, 0.25) is 18.1 Å². The van der Waals surface area contributed by atoms with Crippen molar-refractivity contribution >= 4 is 8.32 Å². The number of hydrogen-bond donors (Lipinski definition) is 0. The topological polar surface area (TPSA) is 36.9 Å². The van der Waals surface area contributed by atoms with Gasteiger partial charge in [-0.1, -0.05) is 72.6 Å². The van der Waals surface area contributed by atoms with Crippen molar-refractivity contribution in [3.63, 3.8) is 0 Å². The highest BCUT2D eigenvalue weighted by molar-refractivity contribution is 6.74. The SMILES string of the molecule is COc1ccccc1C(CCC[C@@H](C)[C@H]1CC[C@H]2[C@@H]3C(C(F)F)C[C@H]4[C@H]5OC(C)(C)O[C@H]5CC[C@]4(C)[C@H]3CC[C@]12C)O[Si](C)(C)C(C)(C)C. The highest BCUT2D eigenvalue weighted by atomic mass is 28.4. The van der Waals surface area contributed by atoms with Crippen LogP contribution >= 0.6 is 0 Å². The van der Waals surface area contributed by atoms with Crippen LogP contribution in [-0.2, 0) is 13.9 Å². The van der Waals surface area contributed by atoms with Crippen molar-refractivity contribution in [2.24, 2.45) is 52.3 Å². The molecule has 4 nitrogen and oxygen atoms in total. The van der Waals surface area contributed by atoms with Crippen molar-refractivity contribution in [3.8, 4) is 5.75 Å². The molecule has 4 aliphatic carbocycles. The molecular formula is C42H68F2O4Si. The number of ether oxygens (including phenoxy) is 3. The molecule has 1 heterocycles. The van der Waals surface area contributed by atoms with Gasteiger partial charge in [0.2, 0.25) is 6.43 Å². The quantitative estimate of drug-likeness (QED) is 0.227. The van der Waals surface area contributed by atoms with Gasteiger partial charge in [-0.15, -0.1) is 0 Å². The van der Waals surface area contributed by atoms with Crippen molar-refractivity contribution in [1.82, 2.24) is 0 Å². The molecular weight excluding hydrogens is 635 g/mol. The number of para-hydroxylation sites is 1. The third-order valence-corrected chi connectivity index (χ3v) is 20.1. The molecule has 1 aromatic carbocycles. The lowest BCUT2D eigenvalue weighted by Crippen LogP contribution is -2.61. The van der Waals surface area contributed by atoms with Crippen LogP contribution in [0, 0.1) is 52.3 Å². The maximum atomic E-state index is 15.2. The highest BCUT2D eigenvalue weighted by Crippen LogP contribution is 2.71. The Kier molecular flexibility index (Phi) is 10.3. The molecule has 0 bridgehead atoms. The molecule has 0 radical (unpaired) electrons. The minimum Gasteiger partial charge on any atom is -0.496 e. The van der Waals surface area contributed by atoms with Gasteiger partial charge in [-0.05, 0) is 136 Å². The second kappa shape index (κ2) is 13.4. The van der Waals surface area contributed by atoms with Crippen LogP contribution in [0.3, 0.4) is 0 Å². The average Bonchev–Trinajstić information content (AvgIpc) is 3.54.